The molecule has 2 rings (SSSR count). The lowest BCUT2D eigenvalue weighted by atomic mass is 9.77. The molecule has 0 bridgehead atoms. The van der Waals surface area contributed by atoms with Gasteiger partial charge in [-0.3, -0.25) is 0 Å². The van der Waals surface area contributed by atoms with E-state index >= 15 is 0 Å². The fourth-order valence-electron chi connectivity index (χ4n) is 3.10. The molecule has 1 N–H and O–H groups in total. The first kappa shape index (κ1) is 15.8. The van der Waals surface area contributed by atoms with Crippen LogP contribution in [0.4, 0.5) is 0 Å². The van der Waals surface area contributed by atoms with Gasteiger partial charge in [-0.05, 0) is 56.7 Å². The number of benzene rings is 1. The smallest absolute Gasteiger partial charge is 0.0580 e. The average Bonchev–Trinajstić information content (AvgIpc) is 2.39. The number of nitrogens with one attached hydrogen (secondary N) is 1. The Hall–Kier alpha value is -0.570. The van der Waals surface area contributed by atoms with Gasteiger partial charge >= 0.3 is 0 Å². The predicted molar refractivity (Wildman–Crippen MR) is 85.4 cm³/mol. The van der Waals surface area contributed by atoms with Gasteiger partial charge in [0.1, 0.15) is 0 Å². The summed E-state index contributed by atoms with van der Waals surface area (Å²) in [5, 5.41) is 4.49. The summed E-state index contributed by atoms with van der Waals surface area (Å²) in [4.78, 5) is 0. The average molecular weight is 296 g/mol. The van der Waals surface area contributed by atoms with E-state index in [0.717, 1.165) is 30.5 Å². The molecular weight excluding hydrogens is 270 g/mol. The van der Waals surface area contributed by atoms with Gasteiger partial charge < -0.3 is 10.1 Å². The molecule has 1 saturated carbocycles. The van der Waals surface area contributed by atoms with Crippen molar-refractivity contribution in [3.63, 3.8) is 0 Å². The van der Waals surface area contributed by atoms with Crippen LogP contribution in [-0.2, 0) is 11.2 Å². The molecule has 1 aliphatic carbocycles. The highest BCUT2D eigenvalue weighted by Crippen LogP contribution is 2.34. The predicted octanol–water partition coefficient (Wildman–Crippen LogP) is 4.07. The number of ether oxygens (including phenoxy) is 1. The highest BCUT2D eigenvalue weighted by atomic mass is 35.5. The zero-order chi connectivity index (χ0) is 14.4. The maximum Gasteiger partial charge on any atom is 0.0580 e. The third-order valence-corrected chi connectivity index (χ3v) is 4.50. The lowest BCUT2D eigenvalue weighted by Gasteiger charge is -2.37. The van der Waals surface area contributed by atoms with Gasteiger partial charge in [0, 0.05) is 17.7 Å². The van der Waals surface area contributed by atoms with Crippen molar-refractivity contribution in [2.75, 3.05) is 13.2 Å². The number of halogens is 1. The highest BCUT2D eigenvalue weighted by Gasteiger charge is 2.31. The SMILES string of the molecule is CCNC(Cc1ccccc1Cl)CC1CC(OCC)C1. The van der Waals surface area contributed by atoms with Crippen LogP contribution in [0.3, 0.4) is 0 Å². The molecule has 0 saturated heterocycles. The van der Waals surface area contributed by atoms with Crippen molar-refractivity contribution in [1.29, 1.82) is 0 Å². The number of hydrogen-bond acceptors (Lipinski definition) is 2. The molecular formula is C17H26ClNO. The Morgan fingerprint density at radius 1 is 1.30 bits per heavy atom. The van der Waals surface area contributed by atoms with Crippen LogP contribution in [0.15, 0.2) is 24.3 Å². The van der Waals surface area contributed by atoms with Crippen molar-refractivity contribution < 1.29 is 4.74 Å². The Labute approximate surface area is 127 Å². The molecule has 0 aromatic heterocycles. The highest BCUT2D eigenvalue weighted by molar-refractivity contribution is 6.31. The minimum absolute atomic E-state index is 0.507. The Morgan fingerprint density at radius 3 is 2.70 bits per heavy atom. The van der Waals surface area contributed by atoms with Gasteiger partial charge in [0.15, 0.2) is 0 Å². The Kier molecular flexibility index (Phi) is 6.34. The Morgan fingerprint density at radius 2 is 2.05 bits per heavy atom. The van der Waals surface area contributed by atoms with E-state index in [0.29, 0.717) is 12.1 Å². The van der Waals surface area contributed by atoms with E-state index < -0.39 is 0 Å². The summed E-state index contributed by atoms with van der Waals surface area (Å²) in [5.41, 5.74) is 1.25. The fourth-order valence-corrected chi connectivity index (χ4v) is 3.31. The van der Waals surface area contributed by atoms with Crippen LogP contribution >= 0.6 is 11.6 Å². The van der Waals surface area contributed by atoms with E-state index in [2.05, 4.69) is 31.3 Å². The maximum absolute atomic E-state index is 6.27. The molecule has 20 heavy (non-hydrogen) atoms. The summed E-state index contributed by atoms with van der Waals surface area (Å²) in [7, 11) is 0. The zero-order valence-electron chi connectivity index (χ0n) is 12.6. The van der Waals surface area contributed by atoms with Gasteiger partial charge in [-0.25, -0.2) is 0 Å². The third kappa shape index (κ3) is 4.47. The summed E-state index contributed by atoms with van der Waals surface area (Å²) in [6.45, 7) is 6.10. The van der Waals surface area contributed by atoms with Crippen LogP contribution in [0.2, 0.25) is 5.02 Å². The summed E-state index contributed by atoms with van der Waals surface area (Å²) >= 11 is 6.27. The molecule has 1 atom stereocenters. The van der Waals surface area contributed by atoms with E-state index in [-0.39, 0.29) is 0 Å². The molecule has 1 aromatic carbocycles. The Balaban J connectivity index is 1.84. The van der Waals surface area contributed by atoms with Crippen LogP contribution in [0, 0.1) is 5.92 Å². The van der Waals surface area contributed by atoms with E-state index in [1.54, 1.807) is 0 Å². The van der Waals surface area contributed by atoms with Crippen molar-refractivity contribution in [3.05, 3.63) is 34.9 Å². The molecule has 3 heteroatoms. The van der Waals surface area contributed by atoms with Crippen LogP contribution < -0.4 is 5.32 Å². The fraction of sp³-hybridized carbons (Fsp3) is 0.647. The Bertz CT molecular complexity index is 404. The molecule has 0 spiro atoms. The van der Waals surface area contributed by atoms with Gasteiger partial charge in [-0.15, -0.1) is 0 Å². The van der Waals surface area contributed by atoms with Crippen LogP contribution in [-0.4, -0.2) is 25.3 Å². The largest absolute Gasteiger partial charge is 0.378 e. The number of likely N-dealkylation sites (N-methyl/N-ethyl adjacent to an activating group) is 1. The summed E-state index contributed by atoms with van der Waals surface area (Å²) in [5.74, 6) is 0.804. The lowest BCUT2D eigenvalue weighted by molar-refractivity contribution is -0.0289. The van der Waals surface area contributed by atoms with Crippen molar-refractivity contribution in [1.82, 2.24) is 5.32 Å². The molecule has 0 amide bonds. The van der Waals surface area contributed by atoms with Gasteiger partial charge in [0.05, 0.1) is 6.10 Å². The van der Waals surface area contributed by atoms with Crippen LogP contribution in [0.5, 0.6) is 0 Å². The molecule has 2 nitrogen and oxygen atoms in total. The zero-order valence-corrected chi connectivity index (χ0v) is 13.3. The topological polar surface area (TPSA) is 21.3 Å². The molecule has 112 valence electrons. The van der Waals surface area contributed by atoms with Gasteiger partial charge in [0.25, 0.3) is 0 Å². The summed E-state index contributed by atoms with van der Waals surface area (Å²) in [6, 6.07) is 8.70. The number of rotatable bonds is 8. The third-order valence-electron chi connectivity index (χ3n) is 4.13. The van der Waals surface area contributed by atoms with Crippen LogP contribution in [0.1, 0.15) is 38.7 Å². The molecule has 0 heterocycles. The summed E-state index contributed by atoms with van der Waals surface area (Å²) < 4.78 is 5.65. The first-order valence-electron chi connectivity index (χ1n) is 7.81. The van der Waals surface area contributed by atoms with Crippen molar-refractivity contribution >= 4 is 11.6 Å². The molecule has 0 radical (unpaired) electrons. The quantitative estimate of drug-likeness (QED) is 0.781. The van der Waals surface area contributed by atoms with Crippen molar-refractivity contribution in [2.45, 2.75) is 51.7 Å². The van der Waals surface area contributed by atoms with Crippen molar-refractivity contribution in [2.24, 2.45) is 5.92 Å². The van der Waals surface area contributed by atoms with E-state index in [9.17, 15) is 0 Å². The van der Waals surface area contributed by atoms with Gasteiger partial charge in [-0.2, -0.15) is 0 Å². The van der Waals surface area contributed by atoms with Gasteiger partial charge in [0.2, 0.25) is 0 Å². The van der Waals surface area contributed by atoms with Crippen molar-refractivity contribution in [3.8, 4) is 0 Å². The normalized spacial score (nSPS) is 23.4. The first-order chi connectivity index (χ1) is 9.72. The summed E-state index contributed by atoms with van der Waals surface area (Å²) in [6.07, 6.45) is 5.19. The van der Waals surface area contributed by atoms with E-state index in [4.69, 9.17) is 16.3 Å². The second-order valence-electron chi connectivity index (χ2n) is 5.70. The van der Waals surface area contributed by atoms with E-state index in [1.165, 1.54) is 24.8 Å². The standard InChI is InChI=1S/C17H26ClNO/c1-3-19-15(9-13-10-16(11-13)20-4-2)12-14-7-5-6-8-17(14)18/h5-8,13,15-16,19H,3-4,9-12H2,1-2H3. The van der Waals surface area contributed by atoms with Crippen LogP contribution in [0.25, 0.3) is 0 Å². The second-order valence-corrected chi connectivity index (χ2v) is 6.11. The molecule has 1 aliphatic rings. The minimum atomic E-state index is 0.507. The maximum atomic E-state index is 6.27. The van der Waals surface area contributed by atoms with Gasteiger partial charge in [-0.1, -0.05) is 36.7 Å². The molecule has 1 fully saturated rings. The second kappa shape index (κ2) is 8.02. The molecule has 1 aromatic rings. The minimum Gasteiger partial charge on any atom is -0.378 e. The van der Waals surface area contributed by atoms with E-state index in [1.807, 2.05) is 12.1 Å². The lowest BCUT2D eigenvalue weighted by Crippen LogP contribution is -2.39. The molecule has 0 aliphatic heterocycles. The monoisotopic (exact) mass is 295 g/mol. The number of hydrogen-bond donors (Lipinski definition) is 1. The first-order valence-corrected chi connectivity index (χ1v) is 8.19. The molecule has 1 unspecified atom stereocenters.